The average molecular weight is 507 g/mol. The lowest BCUT2D eigenvalue weighted by Gasteiger charge is -2.18. The van der Waals surface area contributed by atoms with E-state index in [4.69, 9.17) is 21.1 Å². The van der Waals surface area contributed by atoms with E-state index in [9.17, 15) is 13.2 Å². The summed E-state index contributed by atoms with van der Waals surface area (Å²) in [5.41, 5.74) is 0.318. The highest BCUT2D eigenvalue weighted by Gasteiger charge is 2.23. The van der Waals surface area contributed by atoms with E-state index in [2.05, 4.69) is 5.32 Å². The van der Waals surface area contributed by atoms with Gasteiger partial charge in [-0.05, 0) is 73.0 Å². The molecule has 0 aliphatic carbocycles. The standard InChI is InChI=1S/C23H23ClN2O5S2/c1-26(33(28,29)20-11-9-19(32-3)10-12-20)15-23(27)25-21-14-16(24)4-13-22(21)31-18-7-5-17(30-2)6-8-18/h4-14H,15H2,1-3H3,(H,25,27). The molecule has 0 bridgehead atoms. The molecule has 0 spiro atoms. The Morgan fingerprint density at radius 3 is 2.27 bits per heavy atom. The molecule has 1 N–H and O–H groups in total. The van der Waals surface area contributed by atoms with E-state index >= 15 is 0 Å². The van der Waals surface area contributed by atoms with Crippen molar-refractivity contribution in [1.82, 2.24) is 4.31 Å². The molecular weight excluding hydrogens is 484 g/mol. The minimum absolute atomic E-state index is 0.113. The Kier molecular flexibility index (Phi) is 8.25. The number of hydrogen-bond acceptors (Lipinski definition) is 6. The maximum Gasteiger partial charge on any atom is 0.243 e. The summed E-state index contributed by atoms with van der Waals surface area (Å²) in [5, 5.41) is 3.08. The maximum atomic E-state index is 12.8. The summed E-state index contributed by atoms with van der Waals surface area (Å²) in [6.07, 6.45) is 1.91. The molecule has 3 aromatic carbocycles. The minimum Gasteiger partial charge on any atom is -0.497 e. The third-order valence-corrected chi connectivity index (χ3v) is 7.43. The Morgan fingerprint density at radius 2 is 1.67 bits per heavy atom. The van der Waals surface area contributed by atoms with Gasteiger partial charge in [0.05, 0.1) is 24.2 Å². The molecule has 0 fully saturated rings. The molecule has 0 atom stereocenters. The van der Waals surface area contributed by atoms with Crippen LogP contribution in [0.4, 0.5) is 5.69 Å². The molecule has 0 aliphatic heterocycles. The smallest absolute Gasteiger partial charge is 0.243 e. The van der Waals surface area contributed by atoms with E-state index in [1.165, 1.54) is 37.0 Å². The molecule has 0 unspecified atom stereocenters. The van der Waals surface area contributed by atoms with Crippen LogP contribution in [0.15, 0.2) is 76.5 Å². The third-order valence-electron chi connectivity index (χ3n) is 4.64. The van der Waals surface area contributed by atoms with Crippen molar-refractivity contribution in [3.63, 3.8) is 0 Å². The normalized spacial score (nSPS) is 11.3. The number of benzene rings is 3. The van der Waals surface area contributed by atoms with Crippen LogP contribution in [-0.4, -0.2) is 45.6 Å². The van der Waals surface area contributed by atoms with Crippen LogP contribution >= 0.6 is 23.4 Å². The number of ether oxygens (including phenoxy) is 2. The molecule has 7 nitrogen and oxygen atoms in total. The van der Waals surface area contributed by atoms with Crippen molar-refractivity contribution in [2.24, 2.45) is 0 Å². The molecule has 3 rings (SSSR count). The summed E-state index contributed by atoms with van der Waals surface area (Å²) in [4.78, 5) is 13.7. The van der Waals surface area contributed by atoms with Gasteiger partial charge in [0, 0.05) is 17.0 Å². The van der Waals surface area contributed by atoms with Crippen LogP contribution in [0.25, 0.3) is 0 Å². The number of hydrogen-bond donors (Lipinski definition) is 1. The summed E-state index contributed by atoms with van der Waals surface area (Å²) in [5.74, 6) is 1.03. The van der Waals surface area contributed by atoms with Crippen LogP contribution in [0.1, 0.15) is 0 Å². The van der Waals surface area contributed by atoms with Crippen molar-refractivity contribution in [2.45, 2.75) is 9.79 Å². The van der Waals surface area contributed by atoms with Crippen LogP contribution in [0.3, 0.4) is 0 Å². The highest BCUT2D eigenvalue weighted by Crippen LogP contribution is 2.33. The lowest BCUT2D eigenvalue weighted by molar-refractivity contribution is -0.116. The Labute approximate surface area is 202 Å². The summed E-state index contributed by atoms with van der Waals surface area (Å²) in [6, 6.07) is 18.2. The van der Waals surface area contributed by atoms with Crippen LogP contribution < -0.4 is 14.8 Å². The molecule has 0 aliphatic rings. The fourth-order valence-electron chi connectivity index (χ4n) is 2.86. The first-order chi connectivity index (χ1) is 15.7. The summed E-state index contributed by atoms with van der Waals surface area (Å²) < 4.78 is 37.6. The Bertz CT molecular complexity index is 1220. The van der Waals surface area contributed by atoms with Gasteiger partial charge in [0.15, 0.2) is 5.75 Å². The van der Waals surface area contributed by atoms with Gasteiger partial charge >= 0.3 is 0 Å². The number of anilines is 1. The number of thioether (sulfide) groups is 1. The number of carbonyl (C=O) groups is 1. The van der Waals surface area contributed by atoms with Gasteiger partial charge in [-0.1, -0.05) is 11.6 Å². The largest absolute Gasteiger partial charge is 0.497 e. The zero-order chi connectivity index (χ0) is 24.0. The van der Waals surface area contributed by atoms with E-state index in [0.29, 0.717) is 28.0 Å². The molecule has 0 radical (unpaired) electrons. The monoisotopic (exact) mass is 506 g/mol. The number of rotatable bonds is 9. The molecule has 33 heavy (non-hydrogen) atoms. The van der Waals surface area contributed by atoms with Gasteiger partial charge in [-0.2, -0.15) is 4.31 Å². The third kappa shape index (κ3) is 6.42. The van der Waals surface area contributed by atoms with Crippen molar-refractivity contribution in [3.05, 3.63) is 71.8 Å². The van der Waals surface area contributed by atoms with Crippen LogP contribution in [0.5, 0.6) is 17.2 Å². The summed E-state index contributed by atoms with van der Waals surface area (Å²) in [7, 11) is -0.911. The number of nitrogens with zero attached hydrogens (tertiary/aromatic N) is 1. The van der Waals surface area contributed by atoms with Crippen molar-refractivity contribution in [1.29, 1.82) is 0 Å². The van der Waals surface area contributed by atoms with E-state index in [1.54, 1.807) is 55.6 Å². The molecule has 174 valence electrons. The van der Waals surface area contributed by atoms with Gasteiger partial charge in [0.25, 0.3) is 0 Å². The van der Waals surface area contributed by atoms with E-state index in [0.717, 1.165) is 9.20 Å². The first-order valence-electron chi connectivity index (χ1n) is 9.74. The zero-order valence-electron chi connectivity index (χ0n) is 18.2. The second kappa shape index (κ2) is 10.9. The van der Waals surface area contributed by atoms with E-state index < -0.39 is 15.9 Å². The number of carbonyl (C=O) groups excluding carboxylic acids is 1. The molecule has 0 saturated carbocycles. The van der Waals surface area contributed by atoms with Crippen molar-refractivity contribution < 1.29 is 22.7 Å². The van der Waals surface area contributed by atoms with Crippen LogP contribution in [0, 0.1) is 0 Å². The predicted molar refractivity (Wildman–Crippen MR) is 131 cm³/mol. The quantitative estimate of drug-likeness (QED) is 0.405. The Hall–Kier alpha value is -2.72. The fraction of sp³-hybridized carbons (Fsp3) is 0.174. The van der Waals surface area contributed by atoms with Gasteiger partial charge in [-0.25, -0.2) is 8.42 Å². The van der Waals surface area contributed by atoms with Crippen molar-refractivity contribution in [2.75, 3.05) is 32.3 Å². The fourth-order valence-corrected chi connectivity index (χ4v) is 4.57. The number of amides is 1. The Morgan fingerprint density at radius 1 is 1.03 bits per heavy atom. The van der Waals surface area contributed by atoms with Crippen LogP contribution in [0.2, 0.25) is 5.02 Å². The molecule has 10 heteroatoms. The maximum absolute atomic E-state index is 12.8. The van der Waals surface area contributed by atoms with Gasteiger partial charge in [-0.15, -0.1) is 11.8 Å². The lowest BCUT2D eigenvalue weighted by atomic mass is 10.2. The van der Waals surface area contributed by atoms with Gasteiger partial charge in [0.1, 0.15) is 11.5 Å². The zero-order valence-corrected chi connectivity index (χ0v) is 20.6. The number of nitrogens with one attached hydrogen (secondary N) is 1. The first-order valence-corrected chi connectivity index (χ1v) is 12.8. The second-order valence-corrected chi connectivity index (χ2v) is 10.3. The van der Waals surface area contributed by atoms with Crippen LogP contribution in [-0.2, 0) is 14.8 Å². The first kappa shape index (κ1) is 24.9. The molecule has 3 aromatic rings. The van der Waals surface area contributed by atoms with E-state index in [1.807, 2.05) is 6.26 Å². The average Bonchev–Trinajstić information content (AvgIpc) is 2.81. The van der Waals surface area contributed by atoms with Gasteiger partial charge < -0.3 is 14.8 Å². The molecular formula is C23H23ClN2O5S2. The topological polar surface area (TPSA) is 84.9 Å². The Balaban J connectivity index is 1.73. The highest BCUT2D eigenvalue weighted by molar-refractivity contribution is 7.98. The van der Waals surface area contributed by atoms with Crippen molar-refractivity contribution in [3.8, 4) is 17.2 Å². The second-order valence-electron chi connectivity index (χ2n) is 6.90. The summed E-state index contributed by atoms with van der Waals surface area (Å²) in [6.45, 7) is -0.388. The number of methoxy groups -OCH3 is 1. The predicted octanol–water partition coefficient (Wildman–Crippen LogP) is 5.12. The van der Waals surface area contributed by atoms with Gasteiger partial charge in [0.2, 0.25) is 15.9 Å². The van der Waals surface area contributed by atoms with E-state index in [-0.39, 0.29) is 11.4 Å². The number of sulfonamides is 1. The lowest BCUT2D eigenvalue weighted by Crippen LogP contribution is -2.35. The number of halogens is 1. The summed E-state index contributed by atoms with van der Waals surface area (Å²) >= 11 is 7.61. The SMILES string of the molecule is COc1ccc(Oc2ccc(Cl)cc2NC(=O)CN(C)S(=O)(=O)c2ccc(SC)cc2)cc1. The molecule has 0 saturated heterocycles. The highest BCUT2D eigenvalue weighted by atomic mass is 35.5. The van der Waals surface area contributed by atoms with Gasteiger partial charge in [-0.3, -0.25) is 4.79 Å². The molecule has 0 heterocycles. The molecule has 1 amide bonds. The van der Waals surface area contributed by atoms with Crippen molar-refractivity contribution >= 4 is 45.0 Å². The number of likely N-dealkylation sites (N-methyl/N-ethyl adjacent to an activating group) is 1. The minimum atomic E-state index is -3.83. The molecule has 0 aromatic heterocycles.